The number of aromatic nitrogens is 2. The first-order chi connectivity index (χ1) is 19.2. The summed E-state index contributed by atoms with van der Waals surface area (Å²) in [6.07, 6.45) is 3.63. The maximum atomic E-state index is 15.3. The highest BCUT2D eigenvalue weighted by molar-refractivity contribution is 5.86. The number of aliphatic hydroxyl groups is 1. The predicted octanol–water partition coefficient (Wildman–Crippen LogP) is 4.70. The van der Waals surface area contributed by atoms with Gasteiger partial charge in [0, 0.05) is 36.3 Å². The number of carbonyl (C=O) groups excluding carboxylic acids is 1. The average Bonchev–Trinajstić information content (AvgIpc) is 3.65. The van der Waals surface area contributed by atoms with Crippen molar-refractivity contribution in [2.45, 2.75) is 57.8 Å². The summed E-state index contributed by atoms with van der Waals surface area (Å²) in [7, 11) is 0. The van der Waals surface area contributed by atoms with Gasteiger partial charge >= 0.3 is 0 Å². The summed E-state index contributed by atoms with van der Waals surface area (Å²) in [5.74, 6) is -3.01. The van der Waals surface area contributed by atoms with Crippen LogP contribution >= 0.6 is 0 Å². The van der Waals surface area contributed by atoms with Crippen molar-refractivity contribution in [1.29, 1.82) is 0 Å². The molecule has 3 heterocycles. The monoisotopic (exact) mass is 552 g/mol. The summed E-state index contributed by atoms with van der Waals surface area (Å²) in [4.78, 5) is 15.8. The molecule has 7 nitrogen and oxygen atoms in total. The van der Waals surface area contributed by atoms with Crippen molar-refractivity contribution in [2.24, 2.45) is 5.92 Å². The number of nitrogens with one attached hydrogen (secondary N) is 1. The van der Waals surface area contributed by atoms with Crippen LogP contribution in [-0.4, -0.2) is 44.8 Å². The van der Waals surface area contributed by atoms with Gasteiger partial charge in [-0.3, -0.25) is 4.79 Å². The SMILES string of the molecule is Cc1noc(C)c1Cn1cc(CN(C(=O)[C@H]2CNCC[C@]2(O)c2ccc(F)c(F)c2)C2CC2)c2c(F)cccc21. The van der Waals surface area contributed by atoms with Gasteiger partial charge in [0.25, 0.3) is 0 Å². The third-order valence-corrected chi connectivity index (χ3v) is 8.38. The summed E-state index contributed by atoms with van der Waals surface area (Å²) in [5, 5.41) is 19.4. The molecule has 2 atom stereocenters. The Morgan fingerprint density at radius 2 is 1.98 bits per heavy atom. The van der Waals surface area contributed by atoms with Crippen LogP contribution in [0.1, 0.15) is 47.4 Å². The second-order valence-corrected chi connectivity index (χ2v) is 11.0. The minimum Gasteiger partial charge on any atom is -0.384 e. The van der Waals surface area contributed by atoms with E-state index < -0.39 is 23.2 Å². The molecule has 1 saturated carbocycles. The molecule has 10 heteroatoms. The molecule has 1 aliphatic heterocycles. The first kappa shape index (κ1) is 26.6. The number of carbonyl (C=O) groups is 1. The van der Waals surface area contributed by atoms with Crippen LogP contribution in [0, 0.1) is 37.2 Å². The van der Waals surface area contributed by atoms with Gasteiger partial charge in [0.15, 0.2) is 11.6 Å². The van der Waals surface area contributed by atoms with Gasteiger partial charge in [0.05, 0.1) is 23.7 Å². The summed E-state index contributed by atoms with van der Waals surface area (Å²) in [6, 6.07) is 8.14. The lowest BCUT2D eigenvalue weighted by molar-refractivity contribution is -0.150. The van der Waals surface area contributed by atoms with E-state index in [4.69, 9.17) is 4.52 Å². The molecule has 1 amide bonds. The smallest absolute Gasteiger partial charge is 0.230 e. The number of amides is 1. The average molecular weight is 553 g/mol. The summed E-state index contributed by atoms with van der Waals surface area (Å²) in [5.41, 5.74) is 1.51. The maximum absolute atomic E-state index is 15.3. The number of fused-ring (bicyclic) bond motifs is 1. The van der Waals surface area contributed by atoms with Crippen molar-refractivity contribution in [1.82, 2.24) is 19.9 Å². The van der Waals surface area contributed by atoms with Crippen LogP contribution in [0.5, 0.6) is 0 Å². The fourth-order valence-corrected chi connectivity index (χ4v) is 5.97. The van der Waals surface area contributed by atoms with Gasteiger partial charge in [0.2, 0.25) is 5.91 Å². The van der Waals surface area contributed by atoms with Gasteiger partial charge in [-0.2, -0.15) is 0 Å². The van der Waals surface area contributed by atoms with Crippen LogP contribution in [0.3, 0.4) is 0 Å². The lowest BCUT2D eigenvalue weighted by atomic mass is 9.75. The van der Waals surface area contributed by atoms with Gasteiger partial charge in [-0.25, -0.2) is 13.2 Å². The molecule has 1 aliphatic carbocycles. The van der Waals surface area contributed by atoms with Gasteiger partial charge < -0.3 is 24.4 Å². The molecule has 2 aromatic carbocycles. The minimum absolute atomic E-state index is 0.0450. The van der Waals surface area contributed by atoms with E-state index in [0.29, 0.717) is 35.3 Å². The van der Waals surface area contributed by atoms with Crippen LogP contribution in [0.2, 0.25) is 0 Å². The van der Waals surface area contributed by atoms with Gasteiger partial charge in [-0.05, 0) is 75.0 Å². The zero-order valence-electron chi connectivity index (χ0n) is 22.4. The Bertz CT molecular complexity index is 1580. The number of aryl methyl sites for hydroxylation is 2. The third-order valence-electron chi connectivity index (χ3n) is 8.38. The zero-order chi connectivity index (χ0) is 28.2. The number of hydrogen-bond donors (Lipinski definition) is 2. The molecule has 2 aliphatic rings. The van der Waals surface area contributed by atoms with E-state index in [2.05, 4.69) is 10.5 Å². The van der Waals surface area contributed by atoms with Crippen molar-refractivity contribution >= 4 is 16.8 Å². The van der Waals surface area contributed by atoms with Crippen LogP contribution in [0.25, 0.3) is 10.9 Å². The summed E-state index contributed by atoms with van der Waals surface area (Å²) in [6.45, 7) is 4.88. The van der Waals surface area contributed by atoms with Gasteiger partial charge in [0.1, 0.15) is 17.2 Å². The molecular formula is C30H31F3N4O3. The standard InChI is InChI=1S/C30H31F3N4O3/c1-17-22(18(2)40-35-17)16-36-14-19(28-25(32)4-3-5-27(28)36)15-37(21-7-8-21)29(38)23-13-34-11-10-30(23,39)20-6-9-24(31)26(33)12-20/h3-6,9,12,14,21,23,34,39H,7-8,10-11,13,15-16H2,1-2H3/t23-,30+/m1/s1. The normalized spacial score (nSPS) is 21.2. The molecule has 4 aromatic rings. The van der Waals surface area contributed by atoms with Crippen LogP contribution in [-0.2, 0) is 23.5 Å². The van der Waals surface area contributed by atoms with E-state index in [1.165, 1.54) is 12.1 Å². The van der Waals surface area contributed by atoms with Gasteiger partial charge in [-0.15, -0.1) is 0 Å². The topological polar surface area (TPSA) is 83.5 Å². The lowest BCUT2D eigenvalue weighted by Crippen LogP contribution is -2.55. The molecule has 6 rings (SSSR count). The van der Waals surface area contributed by atoms with Crippen molar-refractivity contribution < 1.29 is 27.6 Å². The van der Waals surface area contributed by atoms with E-state index >= 15 is 4.39 Å². The van der Waals surface area contributed by atoms with Crippen LogP contribution in [0.4, 0.5) is 13.2 Å². The Kier molecular flexibility index (Phi) is 6.70. The molecule has 2 fully saturated rings. The largest absolute Gasteiger partial charge is 0.384 e. The van der Waals surface area contributed by atoms with E-state index in [9.17, 15) is 18.7 Å². The minimum atomic E-state index is -1.67. The second-order valence-electron chi connectivity index (χ2n) is 11.0. The predicted molar refractivity (Wildman–Crippen MR) is 142 cm³/mol. The molecule has 0 spiro atoms. The molecule has 2 aromatic heterocycles. The number of halogens is 3. The Morgan fingerprint density at radius 3 is 2.67 bits per heavy atom. The highest BCUT2D eigenvalue weighted by atomic mass is 19.2. The van der Waals surface area contributed by atoms with E-state index in [0.717, 1.165) is 36.2 Å². The van der Waals surface area contributed by atoms with E-state index in [-0.39, 0.29) is 42.8 Å². The molecule has 210 valence electrons. The quantitative estimate of drug-likeness (QED) is 0.347. The number of hydrogen-bond acceptors (Lipinski definition) is 5. The van der Waals surface area contributed by atoms with Crippen molar-refractivity contribution in [3.8, 4) is 0 Å². The highest BCUT2D eigenvalue weighted by Gasteiger charge is 2.48. The third kappa shape index (κ3) is 4.58. The Balaban J connectivity index is 1.36. The Morgan fingerprint density at radius 1 is 1.18 bits per heavy atom. The Hall–Kier alpha value is -3.63. The zero-order valence-corrected chi connectivity index (χ0v) is 22.4. The first-order valence-electron chi connectivity index (χ1n) is 13.5. The summed E-state index contributed by atoms with van der Waals surface area (Å²) >= 11 is 0. The lowest BCUT2D eigenvalue weighted by Gasteiger charge is -2.42. The number of piperidine rings is 1. The number of nitrogens with zero attached hydrogens (tertiary/aromatic N) is 3. The molecule has 40 heavy (non-hydrogen) atoms. The molecule has 0 unspecified atom stereocenters. The fraction of sp³-hybridized carbons (Fsp3) is 0.400. The van der Waals surface area contributed by atoms with E-state index in [1.807, 2.05) is 30.7 Å². The van der Waals surface area contributed by atoms with Crippen molar-refractivity contribution in [2.75, 3.05) is 13.1 Å². The van der Waals surface area contributed by atoms with Crippen LogP contribution in [0.15, 0.2) is 47.1 Å². The van der Waals surface area contributed by atoms with Gasteiger partial charge in [-0.1, -0.05) is 17.3 Å². The number of rotatable bonds is 7. The van der Waals surface area contributed by atoms with Crippen molar-refractivity contribution in [3.05, 3.63) is 88.2 Å². The second kappa shape index (κ2) is 10.1. The fourth-order valence-electron chi connectivity index (χ4n) is 5.97. The Labute approximate surface area is 229 Å². The molecule has 0 radical (unpaired) electrons. The molecular weight excluding hydrogens is 521 g/mol. The van der Waals surface area contributed by atoms with E-state index in [1.54, 1.807) is 11.0 Å². The summed E-state index contributed by atoms with van der Waals surface area (Å²) < 4.78 is 50.3. The first-order valence-corrected chi connectivity index (χ1v) is 13.5. The number of benzene rings is 2. The molecule has 1 saturated heterocycles. The van der Waals surface area contributed by atoms with Crippen LogP contribution < -0.4 is 5.32 Å². The molecule has 2 N–H and O–H groups in total. The molecule has 0 bridgehead atoms. The maximum Gasteiger partial charge on any atom is 0.230 e. The highest BCUT2D eigenvalue weighted by Crippen LogP contribution is 2.40. The van der Waals surface area contributed by atoms with Crippen molar-refractivity contribution in [3.63, 3.8) is 0 Å².